The molecule has 0 saturated carbocycles. The first-order valence-electron chi connectivity index (χ1n) is 4.13. The van der Waals surface area contributed by atoms with E-state index in [1.165, 1.54) is 19.3 Å². The molecule has 0 aromatic carbocycles. The first kappa shape index (κ1) is 8.75. The molecule has 0 aromatic rings. The lowest BCUT2D eigenvalue weighted by Crippen LogP contribution is -2.42. The second kappa shape index (κ2) is 2.02. The summed E-state index contributed by atoms with van der Waals surface area (Å²) in [4.78, 5) is 11.2. The second-order valence-corrected chi connectivity index (χ2v) is 4.08. The third-order valence-electron chi connectivity index (χ3n) is 2.97. The Balaban J connectivity index is 2.03. The minimum absolute atomic E-state index is 0.298. The molecule has 3 aliphatic rings. The van der Waals surface area contributed by atoms with Crippen molar-refractivity contribution >= 4 is 15.6 Å². The van der Waals surface area contributed by atoms with E-state index in [4.69, 9.17) is 14.2 Å². The summed E-state index contributed by atoms with van der Waals surface area (Å²) >= 11 is 0. The number of methoxy groups -OCH3 is 1. The lowest BCUT2D eigenvalue weighted by molar-refractivity contribution is -0.115. The maximum absolute atomic E-state index is 11.2. The van der Waals surface area contributed by atoms with Crippen molar-refractivity contribution in [3.63, 3.8) is 0 Å². The van der Waals surface area contributed by atoms with Gasteiger partial charge in [0.05, 0.1) is 0 Å². The summed E-state index contributed by atoms with van der Waals surface area (Å²) < 4.78 is 15.4. The molecule has 2 fully saturated rings. The number of hydrogen-bond donors (Lipinski definition) is 1. The molecular weight excluding hydrogens is 204 g/mol. The summed E-state index contributed by atoms with van der Waals surface area (Å²) in [7, 11) is 4.30. The molecule has 4 unspecified atom stereocenters. The third kappa shape index (κ3) is 0.665. The van der Waals surface area contributed by atoms with Gasteiger partial charge in [0.15, 0.2) is 11.7 Å². The Morgan fingerprint density at radius 3 is 2.93 bits per heavy atom. The summed E-state index contributed by atoms with van der Waals surface area (Å²) in [6.07, 6.45) is 2.31. The van der Waals surface area contributed by atoms with Crippen LogP contribution in [0.5, 0.6) is 0 Å². The molecule has 14 heavy (non-hydrogen) atoms. The number of rotatable bonds is 2. The van der Waals surface area contributed by atoms with Crippen LogP contribution in [-0.4, -0.2) is 51.1 Å². The van der Waals surface area contributed by atoms with Gasteiger partial charge in [-0.2, -0.15) is 0 Å². The zero-order valence-electron chi connectivity index (χ0n) is 7.31. The average molecular weight is 211 g/mol. The number of carbonyl (C=O) groups excluding carboxylic acids is 1. The smallest absolute Gasteiger partial charge is 0.261 e. The average Bonchev–Trinajstić information content (AvgIpc) is 2.94. The Hall–Kier alpha value is -0.533. The number of fused-ring (bicyclic) bond motifs is 3. The number of epoxide rings is 2. The predicted molar refractivity (Wildman–Crippen MR) is 43.3 cm³/mol. The van der Waals surface area contributed by atoms with Crippen molar-refractivity contribution in [1.29, 1.82) is 0 Å². The van der Waals surface area contributed by atoms with Crippen molar-refractivity contribution < 1.29 is 24.1 Å². The topological polar surface area (TPSA) is 71.6 Å². The van der Waals surface area contributed by atoms with E-state index in [0.29, 0.717) is 0 Å². The van der Waals surface area contributed by atoms with Crippen LogP contribution in [0.25, 0.3) is 0 Å². The normalized spacial score (nSPS) is 57.5. The largest absolute Gasteiger partial charge is 0.358 e. The van der Waals surface area contributed by atoms with Crippen molar-refractivity contribution in [2.45, 2.75) is 23.3 Å². The van der Waals surface area contributed by atoms with Gasteiger partial charge in [-0.1, -0.05) is 0 Å². The Kier molecular flexibility index (Phi) is 1.26. The first-order chi connectivity index (χ1) is 6.51. The van der Waals surface area contributed by atoms with Crippen LogP contribution in [0.4, 0.5) is 0 Å². The van der Waals surface area contributed by atoms with Gasteiger partial charge in [0.2, 0.25) is 5.79 Å². The van der Waals surface area contributed by atoms with E-state index in [-0.39, 0.29) is 5.41 Å². The Bertz CT molecular complexity index is 369. The lowest BCUT2D eigenvalue weighted by Gasteiger charge is -2.15. The predicted octanol–water partition coefficient (Wildman–Crippen LogP) is -1.55. The SMILES string of the molecule is COC12OC1(O)C=CC1(C(=O)[Si])OC12. The molecule has 0 aromatic heterocycles. The summed E-state index contributed by atoms with van der Waals surface area (Å²) in [5.74, 6) is -2.64. The highest BCUT2D eigenvalue weighted by Gasteiger charge is 2.87. The standard InChI is InChI=1S/C8H7O5Si/c1-11-8-4-6(12-4,5(9)14)2-3-7(8,10)13-8/h2-4,10H,1H3. The van der Waals surface area contributed by atoms with Gasteiger partial charge in [0, 0.05) is 7.11 Å². The van der Waals surface area contributed by atoms with Gasteiger partial charge in [-0.15, -0.1) is 0 Å². The fourth-order valence-corrected chi connectivity index (χ4v) is 2.30. The molecule has 0 spiro atoms. The van der Waals surface area contributed by atoms with Gasteiger partial charge in [0.1, 0.15) is 15.6 Å². The van der Waals surface area contributed by atoms with Gasteiger partial charge < -0.3 is 24.1 Å². The summed E-state index contributed by atoms with van der Waals surface area (Å²) in [6, 6.07) is 0. The molecule has 4 atom stereocenters. The van der Waals surface area contributed by atoms with Gasteiger partial charge >= 0.3 is 0 Å². The van der Waals surface area contributed by atoms with E-state index in [1.807, 2.05) is 0 Å². The molecule has 0 bridgehead atoms. The molecule has 3 radical (unpaired) electrons. The highest BCUT2D eigenvalue weighted by atomic mass is 28.1. The van der Waals surface area contributed by atoms with E-state index in [9.17, 15) is 9.90 Å². The van der Waals surface area contributed by atoms with Crippen LogP contribution in [-0.2, 0) is 19.0 Å². The third-order valence-corrected chi connectivity index (χ3v) is 3.36. The van der Waals surface area contributed by atoms with Gasteiger partial charge in [0.25, 0.3) is 5.79 Å². The fraction of sp³-hybridized carbons (Fsp3) is 0.625. The highest BCUT2D eigenvalue weighted by molar-refractivity contribution is 6.60. The maximum Gasteiger partial charge on any atom is 0.261 e. The van der Waals surface area contributed by atoms with Gasteiger partial charge in [-0.3, -0.25) is 0 Å². The highest BCUT2D eigenvalue weighted by Crippen LogP contribution is 2.64. The molecule has 5 nitrogen and oxygen atoms in total. The Morgan fingerprint density at radius 2 is 2.36 bits per heavy atom. The molecule has 2 saturated heterocycles. The van der Waals surface area contributed by atoms with Crippen molar-refractivity contribution in [3.8, 4) is 0 Å². The second-order valence-electron chi connectivity index (χ2n) is 3.62. The molecule has 1 N–H and O–H groups in total. The lowest BCUT2D eigenvalue weighted by atomic mass is 9.92. The van der Waals surface area contributed by atoms with Crippen LogP contribution < -0.4 is 0 Å². The van der Waals surface area contributed by atoms with Crippen molar-refractivity contribution in [2.75, 3.05) is 7.11 Å². The van der Waals surface area contributed by atoms with Crippen LogP contribution >= 0.6 is 0 Å². The zero-order chi connectivity index (χ0) is 10.2. The quantitative estimate of drug-likeness (QED) is 0.340. The van der Waals surface area contributed by atoms with Crippen LogP contribution in [0.15, 0.2) is 12.2 Å². The maximum atomic E-state index is 11.2. The van der Waals surface area contributed by atoms with Crippen LogP contribution in [0.1, 0.15) is 0 Å². The Labute approximate surface area is 83.1 Å². The molecule has 6 heteroatoms. The van der Waals surface area contributed by atoms with Crippen molar-refractivity contribution in [2.24, 2.45) is 0 Å². The minimum Gasteiger partial charge on any atom is -0.358 e. The number of hydrogen-bond acceptors (Lipinski definition) is 5. The molecule has 2 heterocycles. The molecule has 2 aliphatic heterocycles. The van der Waals surface area contributed by atoms with E-state index in [0.717, 1.165) is 0 Å². The Morgan fingerprint density at radius 1 is 1.64 bits per heavy atom. The van der Waals surface area contributed by atoms with Crippen molar-refractivity contribution in [1.82, 2.24) is 0 Å². The summed E-state index contributed by atoms with van der Waals surface area (Å²) in [5, 5.41) is 9.45. The number of aliphatic hydroxyl groups is 1. The number of carbonyl (C=O) groups is 1. The summed E-state index contributed by atoms with van der Waals surface area (Å²) in [6.45, 7) is 0. The molecule has 1 aliphatic carbocycles. The molecule has 73 valence electrons. The number of ether oxygens (including phenoxy) is 3. The zero-order valence-corrected chi connectivity index (χ0v) is 8.31. The van der Waals surface area contributed by atoms with Crippen LogP contribution in [0.3, 0.4) is 0 Å². The molecular formula is C8H7O5Si. The van der Waals surface area contributed by atoms with E-state index >= 15 is 0 Å². The monoisotopic (exact) mass is 211 g/mol. The van der Waals surface area contributed by atoms with Gasteiger partial charge in [-0.05, 0) is 12.2 Å². The fourth-order valence-electron chi connectivity index (χ4n) is 2.02. The van der Waals surface area contributed by atoms with E-state index in [1.54, 1.807) is 0 Å². The van der Waals surface area contributed by atoms with Crippen LogP contribution in [0.2, 0.25) is 0 Å². The van der Waals surface area contributed by atoms with Crippen LogP contribution in [0, 0.1) is 0 Å². The first-order valence-corrected chi connectivity index (χ1v) is 4.63. The minimum atomic E-state index is -1.44. The van der Waals surface area contributed by atoms with E-state index in [2.05, 4.69) is 10.2 Å². The summed E-state index contributed by atoms with van der Waals surface area (Å²) in [5.41, 5.74) is -1.02. The van der Waals surface area contributed by atoms with Gasteiger partial charge in [-0.25, -0.2) is 0 Å². The van der Waals surface area contributed by atoms with Crippen molar-refractivity contribution in [3.05, 3.63) is 12.2 Å². The molecule has 3 rings (SSSR count). The van der Waals surface area contributed by atoms with E-state index < -0.39 is 23.3 Å². The molecule has 0 amide bonds.